The number of anilines is 1. The number of benzene rings is 1. The van der Waals surface area contributed by atoms with Crippen LogP contribution >= 0.6 is 11.3 Å². The van der Waals surface area contributed by atoms with Gasteiger partial charge in [0.2, 0.25) is 17.8 Å². The van der Waals surface area contributed by atoms with E-state index in [0.29, 0.717) is 10.8 Å². The van der Waals surface area contributed by atoms with E-state index in [4.69, 9.17) is 4.98 Å². The molecule has 2 aliphatic rings. The lowest BCUT2D eigenvalue weighted by Crippen LogP contribution is -2.42. The van der Waals surface area contributed by atoms with E-state index in [1.165, 1.54) is 29.2 Å². The maximum atomic E-state index is 13.3. The van der Waals surface area contributed by atoms with Crippen LogP contribution in [0.4, 0.5) is 5.95 Å². The molecule has 1 aliphatic heterocycles. The second-order valence-corrected chi connectivity index (χ2v) is 11.2. The zero-order valence-corrected chi connectivity index (χ0v) is 22.5. The van der Waals surface area contributed by atoms with Gasteiger partial charge in [-0.05, 0) is 55.0 Å². The van der Waals surface area contributed by atoms with Crippen molar-refractivity contribution in [3.63, 3.8) is 0 Å². The average Bonchev–Trinajstić information content (AvgIpc) is 3.62. The monoisotopic (exact) mass is 529 g/mol. The third-order valence-corrected chi connectivity index (χ3v) is 8.74. The van der Waals surface area contributed by atoms with Crippen LogP contribution in [-0.4, -0.2) is 57.2 Å². The van der Waals surface area contributed by atoms with Gasteiger partial charge in [-0.15, -0.1) is 11.3 Å². The molecule has 3 amide bonds. The van der Waals surface area contributed by atoms with Gasteiger partial charge in [-0.25, -0.2) is 4.98 Å². The summed E-state index contributed by atoms with van der Waals surface area (Å²) in [6, 6.07) is 11.7. The van der Waals surface area contributed by atoms with Gasteiger partial charge in [0.1, 0.15) is 0 Å². The fraction of sp³-hybridized carbons (Fsp3) is 0.310. The highest BCUT2D eigenvalue weighted by molar-refractivity contribution is 7.15. The minimum atomic E-state index is -0.237. The van der Waals surface area contributed by atoms with Gasteiger partial charge in [0, 0.05) is 49.8 Å². The molecule has 1 saturated carbocycles. The lowest BCUT2D eigenvalue weighted by molar-refractivity contribution is -0.126. The van der Waals surface area contributed by atoms with Crippen LogP contribution in [0, 0.1) is 5.41 Å². The van der Waals surface area contributed by atoms with E-state index in [9.17, 15) is 14.4 Å². The van der Waals surface area contributed by atoms with Crippen LogP contribution in [0.2, 0.25) is 0 Å². The van der Waals surface area contributed by atoms with Crippen molar-refractivity contribution in [2.45, 2.75) is 32.2 Å². The first-order chi connectivity index (χ1) is 18.2. The third-order valence-electron chi connectivity index (χ3n) is 7.61. The SMILES string of the molecule is C=CC(=O)N1CC[C@]2(C1)C[C@H](n1c(NC(=O)c3ccc(/C(C=C)=C/N(C)C(C)=O)s3)nc3ccccc31)C2. The molecule has 9 heteroatoms. The van der Waals surface area contributed by atoms with Gasteiger partial charge < -0.3 is 14.4 Å². The number of hydrogen-bond acceptors (Lipinski definition) is 5. The molecule has 1 saturated heterocycles. The quantitative estimate of drug-likeness (QED) is 0.341. The number of aromatic nitrogens is 2. The predicted molar refractivity (Wildman–Crippen MR) is 151 cm³/mol. The van der Waals surface area contributed by atoms with E-state index in [1.807, 2.05) is 35.2 Å². The molecule has 0 radical (unpaired) electrons. The zero-order chi connectivity index (χ0) is 27.0. The average molecular weight is 530 g/mol. The van der Waals surface area contributed by atoms with Gasteiger partial charge in [-0.1, -0.05) is 31.4 Å². The van der Waals surface area contributed by atoms with Gasteiger partial charge in [0.25, 0.3) is 5.91 Å². The van der Waals surface area contributed by atoms with Crippen LogP contribution in [0.15, 0.2) is 67.9 Å². The molecule has 1 spiro atoms. The minimum Gasteiger partial charge on any atom is -0.339 e. The molecule has 3 heterocycles. The van der Waals surface area contributed by atoms with Gasteiger partial charge in [-0.2, -0.15) is 0 Å². The summed E-state index contributed by atoms with van der Waals surface area (Å²) in [6.45, 7) is 10.5. The molecule has 8 nitrogen and oxygen atoms in total. The van der Waals surface area contributed by atoms with Crippen molar-refractivity contribution in [1.29, 1.82) is 0 Å². The number of carbonyl (C=O) groups is 3. The standard InChI is InChI=1S/C29H31N5O3S/c1-5-20(17-32(4)19(3)35)24-11-12-25(38-24)27(37)31-28-30-22-9-7-8-10-23(22)34(28)21-15-29(16-21)13-14-33(18-29)26(36)6-2/h5-12,17,21H,1-2,13-16,18H2,3-4H3,(H,30,31,37)/b20-17+/t21-,29-. The summed E-state index contributed by atoms with van der Waals surface area (Å²) in [5.41, 5.74) is 2.68. The fourth-order valence-electron chi connectivity index (χ4n) is 5.50. The van der Waals surface area contributed by atoms with Crippen LogP contribution < -0.4 is 5.32 Å². The molecule has 1 aliphatic carbocycles. The topological polar surface area (TPSA) is 87.5 Å². The molecule has 38 heavy (non-hydrogen) atoms. The van der Waals surface area contributed by atoms with Crippen molar-refractivity contribution in [2.75, 3.05) is 25.5 Å². The van der Waals surface area contributed by atoms with Gasteiger partial charge in [-0.3, -0.25) is 19.7 Å². The molecule has 5 rings (SSSR count). The van der Waals surface area contributed by atoms with Crippen molar-refractivity contribution >= 4 is 51.6 Å². The summed E-state index contributed by atoms with van der Waals surface area (Å²) in [4.78, 5) is 46.5. The molecule has 2 fully saturated rings. The Morgan fingerprint density at radius 3 is 2.58 bits per heavy atom. The largest absolute Gasteiger partial charge is 0.339 e. The fourth-order valence-corrected chi connectivity index (χ4v) is 6.41. The molecular weight excluding hydrogens is 498 g/mol. The van der Waals surface area contributed by atoms with Gasteiger partial charge in [0.05, 0.1) is 15.9 Å². The molecule has 1 aromatic carbocycles. The van der Waals surface area contributed by atoms with Crippen molar-refractivity contribution in [3.05, 3.63) is 77.7 Å². The molecule has 3 aromatic rings. The van der Waals surface area contributed by atoms with E-state index in [1.54, 1.807) is 25.4 Å². The first-order valence-corrected chi connectivity index (χ1v) is 13.4. The lowest BCUT2D eigenvalue weighted by atomic mass is 9.65. The number of fused-ring (bicyclic) bond motifs is 1. The summed E-state index contributed by atoms with van der Waals surface area (Å²) in [6.07, 6.45) is 7.60. The van der Waals surface area contributed by atoms with Crippen LogP contribution in [0.1, 0.15) is 46.8 Å². The number of amides is 3. The number of nitrogens with zero attached hydrogens (tertiary/aromatic N) is 4. The Kier molecular flexibility index (Phi) is 6.79. The maximum Gasteiger partial charge on any atom is 0.268 e. The number of nitrogens with one attached hydrogen (secondary N) is 1. The molecule has 0 atom stereocenters. The number of para-hydroxylation sites is 2. The van der Waals surface area contributed by atoms with Crippen LogP contribution in [0.5, 0.6) is 0 Å². The second kappa shape index (κ2) is 10.1. The van der Waals surface area contributed by atoms with E-state index in [-0.39, 0.29) is 29.2 Å². The van der Waals surface area contributed by atoms with Crippen LogP contribution in [0.3, 0.4) is 0 Å². The summed E-state index contributed by atoms with van der Waals surface area (Å²) >= 11 is 1.34. The molecule has 1 N–H and O–H groups in total. The Morgan fingerprint density at radius 1 is 1.13 bits per heavy atom. The number of allylic oxidation sites excluding steroid dienone is 2. The van der Waals surface area contributed by atoms with E-state index >= 15 is 0 Å². The highest BCUT2D eigenvalue weighted by atomic mass is 32.1. The number of rotatable bonds is 7. The first kappa shape index (κ1) is 25.7. The Hall–Kier alpha value is -3.98. The van der Waals surface area contributed by atoms with Crippen molar-refractivity contribution in [3.8, 4) is 0 Å². The van der Waals surface area contributed by atoms with Gasteiger partial charge in [0.15, 0.2) is 0 Å². The Labute approximate surface area is 225 Å². The third kappa shape index (κ3) is 4.69. The molecule has 0 bridgehead atoms. The summed E-state index contributed by atoms with van der Waals surface area (Å²) in [5, 5.41) is 3.05. The minimum absolute atomic E-state index is 0.0101. The van der Waals surface area contributed by atoms with Crippen molar-refractivity contribution < 1.29 is 14.4 Å². The summed E-state index contributed by atoms with van der Waals surface area (Å²) in [5.74, 6) is 0.190. The van der Waals surface area contributed by atoms with Crippen molar-refractivity contribution in [1.82, 2.24) is 19.4 Å². The molecule has 196 valence electrons. The number of imidazole rings is 1. The smallest absolute Gasteiger partial charge is 0.268 e. The number of carbonyl (C=O) groups excluding carboxylic acids is 3. The normalized spacial score (nSPS) is 20.8. The van der Waals surface area contributed by atoms with Crippen LogP contribution in [0.25, 0.3) is 16.6 Å². The number of likely N-dealkylation sites (tertiary alicyclic amines) is 1. The highest BCUT2D eigenvalue weighted by Crippen LogP contribution is 2.55. The zero-order valence-electron chi connectivity index (χ0n) is 21.6. The molecule has 0 unspecified atom stereocenters. The van der Waals surface area contributed by atoms with E-state index < -0.39 is 0 Å². The molecule has 2 aromatic heterocycles. The second-order valence-electron chi connectivity index (χ2n) is 10.1. The number of thiophene rings is 1. The first-order valence-electron chi connectivity index (χ1n) is 12.6. The maximum absolute atomic E-state index is 13.3. The van der Waals surface area contributed by atoms with Crippen LogP contribution in [-0.2, 0) is 9.59 Å². The Balaban J connectivity index is 1.37. The summed E-state index contributed by atoms with van der Waals surface area (Å²) in [7, 11) is 1.68. The van der Waals surface area contributed by atoms with E-state index in [0.717, 1.165) is 53.8 Å². The van der Waals surface area contributed by atoms with Gasteiger partial charge >= 0.3 is 0 Å². The predicted octanol–water partition coefficient (Wildman–Crippen LogP) is 5.09. The van der Waals surface area contributed by atoms with E-state index in [2.05, 4.69) is 23.0 Å². The highest BCUT2D eigenvalue weighted by Gasteiger charge is 2.50. The number of hydrogen-bond donors (Lipinski definition) is 1. The Bertz CT molecular complexity index is 1480. The molecular formula is C29H31N5O3S. The lowest BCUT2D eigenvalue weighted by Gasteiger charge is -2.46. The Morgan fingerprint density at radius 2 is 1.87 bits per heavy atom. The van der Waals surface area contributed by atoms with Crippen molar-refractivity contribution in [2.24, 2.45) is 5.41 Å². The summed E-state index contributed by atoms with van der Waals surface area (Å²) < 4.78 is 2.14.